The maximum absolute atomic E-state index is 14.7. The summed E-state index contributed by atoms with van der Waals surface area (Å²) in [5, 5.41) is 11.1. The lowest BCUT2D eigenvalue weighted by Crippen LogP contribution is -2.33. The number of ketones is 1. The number of Topliss-reactive ketones (excluding diaryl/α,β-unsaturated/α-hetero) is 1. The molecule has 6 nitrogen and oxygen atoms in total. The molecule has 0 spiro atoms. The Labute approximate surface area is 173 Å². The fraction of sp³-hybridized carbons (Fsp3) is 0.304. The average Bonchev–Trinajstić information content (AvgIpc) is 3.22. The van der Waals surface area contributed by atoms with Crippen molar-refractivity contribution in [1.82, 2.24) is 4.90 Å². The topological polar surface area (TPSA) is 76.1 Å². The second-order valence-electron chi connectivity index (χ2n) is 7.46. The zero-order valence-electron chi connectivity index (χ0n) is 16.7. The van der Waals surface area contributed by atoms with Gasteiger partial charge in [0.05, 0.1) is 18.2 Å². The number of aliphatic hydroxyl groups is 1. The van der Waals surface area contributed by atoms with Crippen molar-refractivity contribution in [2.75, 3.05) is 20.3 Å². The first-order valence-electron chi connectivity index (χ1n) is 9.74. The zero-order valence-corrected chi connectivity index (χ0v) is 16.7. The van der Waals surface area contributed by atoms with Crippen molar-refractivity contribution in [3.8, 4) is 5.75 Å². The molecular weight excluding hydrogens is 389 g/mol. The quantitative estimate of drug-likeness (QED) is 0.465. The SMILES string of the molecule is COCCN1C(=O)C(=O)/C(=C(/O)c2ccc3c(c2)CC(C)O3)C1c1ccccc1F. The van der Waals surface area contributed by atoms with Crippen LogP contribution in [0.4, 0.5) is 4.39 Å². The molecule has 1 amide bonds. The first-order chi connectivity index (χ1) is 14.4. The van der Waals surface area contributed by atoms with E-state index < -0.39 is 23.5 Å². The molecule has 0 bridgehead atoms. The molecule has 0 saturated carbocycles. The number of carbonyl (C=O) groups is 2. The summed E-state index contributed by atoms with van der Waals surface area (Å²) in [6.07, 6.45) is 0.700. The van der Waals surface area contributed by atoms with Crippen LogP contribution in [0.1, 0.15) is 29.7 Å². The number of aliphatic hydroxyl groups excluding tert-OH is 1. The summed E-state index contributed by atoms with van der Waals surface area (Å²) in [7, 11) is 1.47. The summed E-state index contributed by atoms with van der Waals surface area (Å²) in [5.74, 6) is -1.80. The smallest absolute Gasteiger partial charge is 0.295 e. The van der Waals surface area contributed by atoms with Gasteiger partial charge >= 0.3 is 0 Å². The Balaban J connectivity index is 1.85. The minimum absolute atomic E-state index is 0.0236. The highest BCUT2D eigenvalue weighted by molar-refractivity contribution is 6.46. The lowest BCUT2D eigenvalue weighted by molar-refractivity contribution is -0.140. The van der Waals surface area contributed by atoms with E-state index in [4.69, 9.17) is 9.47 Å². The minimum Gasteiger partial charge on any atom is -0.507 e. The van der Waals surface area contributed by atoms with E-state index in [9.17, 15) is 19.1 Å². The van der Waals surface area contributed by atoms with Crippen LogP contribution in [0.3, 0.4) is 0 Å². The first-order valence-corrected chi connectivity index (χ1v) is 9.74. The standard InChI is InChI=1S/C23H22FNO5/c1-13-11-15-12-14(7-8-18(15)30-13)21(26)19-20(16-5-3-4-6-17(16)24)25(9-10-29-2)23(28)22(19)27/h3-8,12-13,20,26H,9-11H2,1-2H3/b21-19+. The number of nitrogens with zero attached hydrogens (tertiary/aromatic N) is 1. The number of likely N-dealkylation sites (tertiary alicyclic amines) is 1. The maximum Gasteiger partial charge on any atom is 0.295 e. The maximum atomic E-state index is 14.7. The van der Waals surface area contributed by atoms with Gasteiger partial charge < -0.3 is 19.5 Å². The monoisotopic (exact) mass is 411 g/mol. The molecule has 2 atom stereocenters. The molecule has 2 aliphatic rings. The van der Waals surface area contributed by atoms with E-state index in [0.717, 1.165) is 11.3 Å². The molecule has 0 aliphatic carbocycles. The molecule has 1 N–H and O–H groups in total. The van der Waals surface area contributed by atoms with Gasteiger partial charge in [-0.05, 0) is 36.8 Å². The predicted molar refractivity (Wildman–Crippen MR) is 108 cm³/mol. The van der Waals surface area contributed by atoms with Crippen LogP contribution in [0.15, 0.2) is 48.0 Å². The van der Waals surface area contributed by atoms with Crippen LogP contribution in [-0.2, 0) is 20.7 Å². The van der Waals surface area contributed by atoms with Gasteiger partial charge in [0.2, 0.25) is 0 Å². The second-order valence-corrected chi connectivity index (χ2v) is 7.46. The second kappa shape index (κ2) is 7.91. The molecule has 0 radical (unpaired) electrons. The van der Waals surface area contributed by atoms with E-state index in [1.807, 2.05) is 6.92 Å². The molecule has 1 fully saturated rings. The molecule has 2 heterocycles. The Hall–Kier alpha value is -3.19. The summed E-state index contributed by atoms with van der Waals surface area (Å²) in [5.41, 5.74) is 1.31. The molecular formula is C23H22FNO5. The third-order valence-corrected chi connectivity index (χ3v) is 5.45. The predicted octanol–water partition coefficient (Wildman–Crippen LogP) is 3.22. The number of ether oxygens (including phenoxy) is 2. The first kappa shape index (κ1) is 20.1. The van der Waals surface area contributed by atoms with E-state index in [-0.39, 0.29) is 36.2 Å². The van der Waals surface area contributed by atoms with Crippen LogP contribution in [0.25, 0.3) is 5.76 Å². The Morgan fingerprint density at radius 1 is 1.27 bits per heavy atom. The molecule has 2 aliphatic heterocycles. The number of methoxy groups -OCH3 is 1. The Morgan fingerprint density at radius 2 is 2.03 bits per heavy atom. The van der Waals surface area contributed by atoms with Crippen molar-refractivity contribution >= 4 is 17.4 Å². The van der Waals surface area contributed by atoms with Crippen LogP contribution in [-0.4, -0.2) is 48.1 Å². The van der Waals surface area contributed by atoms with Gasteiger partial charge in [0.1, 0.15) is 23.4 Å². The lowest BCUT2D eigenvalue weighted by atomic mass is 9.94. The van der Waals surface area contributed by atoms with Crippen LogP contribution in [0.2, 0.25) is 0 Å². The van der Waals surface area contributed by atoms with E-state index in [1.165, 1.54) is 30.2 Å². The molecule has 1 saturated heterocycles. The molecule has 156 valence electrons. The third kappa shape index (κ3) is 3.35. The minimum atomic E-state index is -1.04. The number of benzene rings is 2. The Kier molecular flexibility index (Phi) is 5.30. The van der Waals surface area contributed by atoms with Gasteiger partial charge in [-0.2, -0.15) is 0 Å². The van der Waals surface area contributed by atoms with Gasteiger partial charge in [0.15, 0.2) is 0 Å². The summed E-state index contributed by atoms with van der Waals surface area (Å²) in [4.78, 5) is 26.8. The number of rotatable bonds is 5. The van der Waals surface area contributed by atoms with Crippen molar-refractivity contribution < 1.29 is 28.6 Å². The van der Waals surface area contributed by atoms with E-state index in [2.05, 4.69) is 0 Å². The summed E-state index contributed by atoms with van der Waals surface area (Å²) in [6.45, 7) is 2.21. The highest BCUT2D eigenvalue weighted by Gasteiger charge is 2.46. The third-order valence-electron chi connectivity index (χ3n) is 5.45. The summed E-state index contributed by atoms with van der Waals surface area (Å²) in [6, 6.07) is 10.0. The normalized spacial score (nSPS) is 22.3. The van der Waals surface area contributed by atoms with Gasteiger partial charge in [0.25, 0.3) is 11.7 Å². The number of halogens is 1. The van der Waals surface area contributed by atoms with Crippen molar-refractivity contribution in [3.05, 3.63) is 70.5 Å². The largest absolute Gasteiger partial charge is 0.507 e. The van der Waals surface area contributed by atoms with Gasteiger partial charge in [-0.3, -0.25) is 9.59 Å². The van der Waals surface area contributed by atoms with Gasteiger partial charge in [-0.1, -0.05) is 18.2 Å². The molecule has 2 aromatic rings. The van der Waals surface area contributed by atoms with Gasteiger partial charge in [-0.15, -0.1) is 0 Å². The Bertz CT molecular complexity index is 1050. The van der Waals surface area contributed by atoms with Crippen LogP contribution >= 0.6 is 0 Å². The van der Waals surface area contributed by atoms with Crippen molar-refractivity contribution in [1.29, 1.82) is 0 Å². The van der Waals surface area contributed by atoms with Gasteiger partial charge in [-0.25, -0.2) is 4.39 Å². The molecule has 4 rings (SSSR count). The fourth-order valence-electron chi connectivity index (χ4n) is 4.05. The Morgan fingerprint density at radius 3 is 2.77 bits per heavy atom. The molecule has 7 heteroatoms. The highest BCUT2D eigenvalue weighted by Crippen LogP contribution is 2.41. The summed E-state index contributed by atoms with van der Waals surface area (Å²) >= 11 is 0. The number of hydrogen-bond donors (Lipinski definition) is 1. The molecule has 2 unspecified atom stereocenters. The number of hydrogen-bond acceptors (Lipinski definition) is 5. The van der Waals surface area contributed by atoms with Crippen LogP contribution in [0.5, 0.6) is 5.75 Å². The lowest BCUT2D eigenvalue weighted by Gasteiger charge is -2.25. The van der Waals surface area contributed by atoms with Crippen LogP contribution in [0, 0.1) is 5.82 Å². The molecule has 0 aromatic heterocycles. The molecule has 2 aromatic carbocycles. The zero-order chi connectivity index (χ0) is 21.4. The fourth-order valence-corrected chi connectivity index (χ4v) is 4.05. The highest BCUT2D eigenvalue weighted by atomic mass is 19.1. The van der Waals surface area contributed by atoms with E-state index in [0.29, 0.717) is 12.0 Å². The van der Waals surface area contributed by atoms with Crippen molar-refractivity contribution in [2.24, 2.45) is 0 Å². The van der Waals surface area contributed by atoms with Crippen LogP contribution < -0.4 is 4.74 Å². The van der Waals surface area contributed by atoms with Crippen molar-refractivity contribution in [2.45, 2.75) is 25.5 Å². The average molecular weight is 411 g/mol. The van der Waals surface area contributed by atoms with E-state index >= 15 is 0 Å². The van der Waals surface area contributed by atoms with E-state index in [1.54, 1.807) is 24.3 Å². The van der Waals surface area contributed by atoms with Crippen molar-refractivity contribution in [3.63, 3.8) is 0 Å². The summed E-state index contributed by atoms with van der Waals surface area (Å²) < 4.78 is 25.4. The number of carbonyl (C=O) groups excluding carboxylic acids is 2. The number of amides is 1. The van der Waals surface area contributed by atoms with Gasteiger partial charge in [0, 0.05) is 31.2 Å². The molecule has 30 heavy (non-hydrogen) atoms. The number of fused-ring (bicyclic) bond motifs is 1.